The molecule has 8 heteroatoms. The first-order chi connectivity index (χ1) is 17.1. The van der Waals surface area contributed by atoms with Crippen molar-refractivity contribution in [2.24, 2.45) is 0 Å². The van der Waals surface area contributed by atoms with Crippen molar-refractivity contribution in [3.8, 4) is 11.8 Å². The van der Waals surface area contributed by atoms with Gasteiger partial charge in [0.25, 0.3) is 5.56 Å². The molecule has 0 spiro atoms. The first kappa shape index (κ1) is 22.5. The van der Waals surface area contributed by atoms with Gasteiger partial charge in [-0.25, -0.2) is 15.0 Å². The molecule has 3 aromatic carbocycles. The molecule has 0 fully saturated rings. The molecule has 5 aromatic rings. The molecule has 0 radical (unpaired) electrons. The van der Waals surface area contributed by atoms with Gasteiger partial charge in [0.15, 0.2) is 0 Å². The molecule has 0 amide bonds. The number of rotatable bonds is 6. The van der Waals surface area contributed by atoms with E-state index in [0.717, 1.165) is 17.3 Å². The summed E-state index contributed by atoms with van der Waals surface area (Å²) in [5.41, 5.74) is 2.23. The highest BCUT2D eigenvalue weighted by molar-refractivity contribution is 6.35. The monoisotopic (exact) mass is 480 g/mol. The van der Waals surface area contributed by atoms with Crippen molar-refractivity contribution in [3.63, 3.8) is 0 Å². The van der Waals surface area contributed by atoms with Crippen LogP contribution in [0.2, 0.25) is 5.02 Å². The maximum Gasteiger partial charge on any atom is 0.267 e. The predicted molar refractivity (Wildman–Crippen MR) is 138 cm³/mol. The molecule has 0 aliphatic heterocycles. The van der Waals surface area contributed by atoms with E-state index in [9.17, 15) is 10.1 Å². The summed E-state index contributed by atoms with van der Waals surface area (Å²) in [7, 11) is 0. The SMILES string of the molecule is CCC[C@H](Nc1ncnc2ccc(C#N)cc12)c1nc2cccc(Cl)c2c(=O)n1-c1ccccc1. The predicted octanol–water partition coefficient (Wildman–Crippen LogP) is 5.81. The lowest BCUT2D eigenvalue weighted by atomic mass is 10.1. The van der Waals surface area contributed by atoms with E-state index >= 15 is 0 Å². The third-order valence-electron chi connectivity index (χ3n) is 5.85. The van der Waals surface area contributed by atoms with E-state index in [-0.39, 0.29) is 11.6 Å². The third kappa shape index (κ3) is 4.20. The molecule has 0 aliphatic carbocycles. The number of nitrogens with one attached hydrogen (secondary N) is 1. The second-order valence-electron chi connectivity index (χ2n) is 8.13. The van der Waals surface area contributed by atoms with E-state index in [1.807, 2.05) is 30.3 Å². The van der Waals surface area contributed by atoms with Gasteiger partial charge in [-0.3, -0.25) is 9.36 Å². The number of nitrogens with zero attached hydrogens (tertiary/aromatic N) is 5. The number of aromatic nitrogens is 4. The summed E-state index contributed by atoms with van der Waals surface area (Å²) in [5, 5.41) is 14.3. The summed E-state index contributed by atoms with van der Waals surface area (Å²) in [6.07, 6.45) is 3.01. The van der Waals surface area contributed by atoms with Crippen LogP contribution in [0.1, 0.15) is 37.2 Å². The molecule has 0 saturated heterocycles. The van der Waals surface area contributed by atoms with Gasteiger partial charge in [0.05, 0.1) is 44.8 Å². The van der Waals surface area contributed by atoms with Crippen LogP contribution in [-0.4, -0.2) is 19.5 Å². The maximum absolute atomic E-state index is 13.8. The number of para-hydroxylation sites is 1. The van der Waals surface area contributed by atoms with Crippen molar-refractivity contribution in [1.82, 2.24) is 19.5 Å². The van der Waals surface area contributed by atoms with Gasteiger partial charge < -0.3 is 5.32 Å². The van der Waals surface area contributed by atoms with E-state index in [4.69, 9.17) is 16.6 Å². The van der Waals surface area contributed by atoms with Crippen molar-refractivity contribution in [3.05, 3.63) is 99.8 Å². The fourth-order valence-corrected chi connectivity index (χ4v) is 4.48. The lowest BCUT2D eigenvalue weighted by Gasteiger charge is -2.23. The standard InChI is InChI=1S/C27H21ClN6O/c1-2-7-23(32-25-19-14-17(15-29)12-13-21(19)30-16-31-25)26-33-22-11-6-10-20(28)24(22)27(35)34(26)18-8-4-3-5-9-18/h3-6,8-14,16,23H,2,7H2,1H3,(H,30,31,32)/t23-/m0/s1. The van der Waals surface area contributed by atoms with Crippen LogP contribution in [0.5, 0.6) is 0 Å². The molecule has 0 aliphatic rings. The first-order valence-corrected chi connectivity index (χ1v) is 11.7. The normalized spacial score (nSPS) is 11.9. The molecule has 5 rings (SSSR count). The second kappa shape index (κ2) is 9.53. The largest absolute Gasteiger partial charge is 0.359 e. The molecule has 1 N–H and O–H groups in total. The first-order valence-electron chi connectivity index (χ1n) is 11.3. The fourth-order valence-electron chi connectivity index (χ4n) is 4.23. The smallest absolute Gasteiger partial charge is 0.267 e. The molecule has 2 aromatic heterocycles. The minimum Gasteiger partial charge on any atom is -0.359 e. The number of halogens is 1. The number of anilines is 1. The summed E-state index contributed by atoms with van der Waals surface area (Å²) in [6.45, 7) is 2.07. The molecule has 7 nitrogen and oxygen atoms in total. The van der Waals surface area contributed by atoms with Crippen LogP contribution >= 0.6 is 11.6 Å². The van der Waals surface area contributed by atoms with Gasteiger partial charge in [0, 0.05) is 5.39 Å². The number of fused-ring (bicyclic) bond motifs is 2. The van der Waals surface area contributed by atoms with Gasteiger partial charge >= 0.3 is 0 Å². The number of hydrogen-bond acceptors (Lipinski definition) is 6. The Morgan fingerprint density at radius 2 is 1.89 bits per heavy atom. The Hall–Kier alpha value is -4.28. The Bertz CT molecular complexity index is 1640. The summed E-state index contributed by atoms with van der Waals surface area (Å²) in [6, 6.07) is 21.8. The quantitative estimate of drug-likeness (QED) is 0.329. The van der Waals surface area contributed by atoms with Crippen LogP contribution in [0.4, 0.5) is 5.82 Å². The zero-order chi connectivity index (χ0) is 24.4. The summed E-state index contributed by atoms with van der Waals surface area (Å²) in [4.78, 5) is 27.5. The summed E-state index contributed by atoms with van der Waals surface area (Å²) in [5.74, 6) is 1.13. The molecular formula is C27H21ClN6O. The van der Waals surface area contributed by atoms with Gasteiger partial charge in [-0.05, 0) is 48.9 Å². The Morgan fingerprint density at radius 3 is 2.66 bits per heavy atom. The van der Waals surface area contributed by atoms with Crippen molar-refractivity contribution >= 4 is 39.2 Å². The van der Waals surface area contributed by atoms with Gasteiger partial charge in [0.2, 0.25) is 0 Å². The van der Waals surface area contributed by atoms with E-state index in [1.54, 1.807) is 41.0 Å². The summed E-state index contributed by atoms with van der Waals surface area (Å²) < 4.78 is 1.62. The van der Waals surface area contributed by atoms with Crippen molar-refractivity contribution in [2.45, 2.75) is 25.8 Å². The van der Waals surface area contributed by atoms with Crippen molar-refractivity contribution in [2.75, 3.05) is 5.32 Å². The van der Waals surface area contributed by atoms with Gasteiger partial charge in [0.1, 0.15) is 18.0 Å². The third-order valence-corrected chi connectivity index (χ3v) is 6.17. The maximum atomic E-state index is 13.8. The second-order valence-corrected chi connectivity index (χ2v) is 8.54. The van der Waals surface area contributed by atoms with Crippen LogP contribution in [0.3, 0.4) is 0 Å². The van der Waals surface area contributed by atoms with E-state index in [0.29, 0.717) is 45.2 Å². The molecule has 2 heterocycles. The number of benzene rings is 3. The summed E-state index contributed by atoms with van der Waals surface area (Å²) >= 11 is 6.43. The Balaban J connectivity index is 1.74. The Morgan fingerprint density at radius 1 is 1.06 bits per heavy atom. The lowest BCUT2D eigenvalue weighted by Crippen LogP contribution is -2.28. The van der Waals surface area contributed by atoms with E-state index in [2.05, 4.69) is 28.3 Å². The minimum absolute atomic E-state index is 0.232. The highest BCUT2D eigenvalue weighted by Crippen LogP contribution is 2.29. The van der Waals surface area contributed by atoms with E-state index < -0.39 is 0 Å². The Labute approximate surface area is 206 Å². The number of nitriles is 1. The molecule has 0 unspecified atom stereocenters. The van der Waals surface area contributed by atoms with Crippen LogP contribution in [0.15, 0.2) is 77.9 Å². The van der Waals surface area contributed by atoms with Crippen molar-refractivity contribution < 1.29 is 0 Å². The molecule has 0 bridgehead atoms. The van der Waals surface area contributed by atoms with Gasteiger partial charge in [-0.15, -0.1) is 0 Å². The highest BCUT2D eigenvalue weighted by atomic mass is 35.5. The molecule has 35 heavy (non-hydrogen) atoms. The van der Waals surface area contributed by atoms with Gasteiger partial charge in [-0.1, -0.05) is 49.2 Å². The molecule has 172 valence electrons. The number of hydrogen-bond donors (Lipinski definition) is 1. The zero-order valence-electron chi connectivity index (χ0n) is 18.9. The van der Waals surface area contributed by atoms with E-state index in [1.165, 1.54) is 6.33 Å². The average molecular weight is 481 g/mol. The topological polar surface area (TPSA) is 96.5 Å². The molecule has 1 atom stereocenters. The fraction of sp³-hybridized carbons (Fsp3) is 0.148. The van der Waals surface area contributed by atoms with Crippen LogP contribution < -0.4 is 10.9 Å². The zero-order valence-corrected chi connectivity index (χ0v) is 19.7. The van der Waals surface area contributed by atoms with Crippen LogP contribution in [0, 0.1) is 11.3 Å². The van der Waals surface area contributed by atoms with Gasteiger partial charge in [-0.2, -0.15) is 5.26 Å². The molecular weight excluding hydrogens is 460 g/mol. The molecule has 0 saturated carbocycles. The average Bonchev–Trinajstić information content (AvgIpc) is 2.88. The lowest BCUT2D eigenvalue weighted by molar-refractivity contribution is 0.616. The highest BCUT2D eigenvalue weighted by Gasteiger charge is 2.23. The minimum atomic E-state index is -0.347. The van der Waals surface area contributed by atoms with Crippen LogP contribution in [-0.2, 0) is 0 Å². The Kier molecular flexibility index (Phi) is 6.13. The van der Waals surface area contributed by atoms with Crippen LogP contribution in [0.25, 0.3) is 27.5 Å². The van der Waals surface area contributed by atoms with Crippen molar-refractivity contribution in [1.29, 1.82) is 5.26 Å².